The lowest BCUT2D eigenvalue weighted by Gasteiger charge is -2.15. The predicted molar refractivity (Wildman–Crippen MR) is 88.4 cm³/mol. The molecule has 0 N–H and O–H groups in total. The van der Waals surface area contributed by atoms with Gasteiger partial charge < -0.3 is 4.90 Å². The molecular weight excluding hydrogens is 294 g/mol. The van der Waals surface area contributed by atoms with E-state index in [0.29, 0.717) is 5.92 Å². The molecule has 3 heterocycles. The molecule has 0 bridgehead atoms. The van der Waals surface area contributed by atoms with Gasteiger partial charge in [-0.1, -0.05) is 13.8 Å². The number of nitrogens with zero attached hydrogens (tertiary/aromatic N) is 3. The Balaban J connectivity index is 1.70. The maximum absolute atomic E-state index is 12.6. The first-order valence-corrected chi connectivity index (χ1v) is 8.60. The zero-order chi connectivity index (χ0) is 15.7. The number of rotatable bonds is 3. The van der Waals surface area contributed by atoms with Gasteiger partial charge in [0.25, 0.3) is 5.91 Å². The van der Waals surface area contributed by atoms with Crippen molar-refractivity contribution in [1.82, 2.24) is 14.9 Å². The molecule has 1 amide bonds. The van der Waals surface area contributed by atoms with Crippen LogP contribution in [0.3, 0.4) is 0 Å². The fourth-order valence-electron chi connectivity index (χ4n) is 2.77. The van der Waals surface area contributed by atoms with Crippen LogP contribution >= 0.6 is 11.3 Å². The van der Waals surface area contributed by atoms with Gasteiger partial charge in [-0.25, -0.2) is 9.97 Å². The summed E-state index contributed by atoms with van der Waals surface area (Å²) in [5.74, 6) is 1.73. The quantitative estimate of drug-likeness (QED) is 0.869. The Kier molecular flexibility index (Phi) is 4.25. The van der Waals surface area contributed by atoms with Gasteiger partial charge in [0, 0.05) is 41.2 Å². The first kappa shape index (κ1) is 15.2. The number of aromatic nitrogens is 2. The molecule has 0 aliphatic carbocycles. The minimum Gasteiger partial charge on any atom is -0.338 e. The van der Waals surface area contributed by atoms with Crippen LogP contribution < -0.4 is 0 Å². The zero-order valence-corrected chi connectivity index (χ0v) is 14.1. The number of carbonyl (C=O) groups is 1. The summed E-state index contributed by atoms with van der Waals surface area (Å²) in [6.07, 6.45) is 2.74. The lowest BCUT2D eigenvalue weighted by atomic mass is 10.1. The predicted octanol–water partition coefficient (Wildman–Crippen LogP) is 3.60. The summed E-state index contributed by atoms with van der Waals surface area (Å²) in [4.78, 5) is 24.7. The molecule has 2 aromatic rings. The lowest BCUT2D eigenvalue weighted by Crippen LogP contribution is -2.28. The molecule has 3 rings (SSSR count). The standard InChI is InChI=1S/C17H21N3OS/c1-11(2)15-8-14(10-22-15)17(21)20-7-5-13(9-20)16-18-6-4-12(3)19-16/h4,6,8,10-11,13H,5,7,9H2,1-3H3. The van der Waals surface area contributed by atoms with Gasteiger partial charge in [-0.15, -0.1) is 11.3 Å². The van der Waals surface area contributed by atoms with Crippen molar-refractivity contribution in [2.45, 2.75) is 39.0 Å². The normalized spacial score (nSPS) is 18.2. The van der Waals surface area contributed by atoms with Crippen LogP contribution in [0.25, 0.3) is 0 Å². The Morgan fingerprint density at radius 1 is 1.45 bits per heavy atom. The van der Waals surface area contributed by atoms with Crippen molar-refractivity contribution in [3.05, 3.63) is 45.7 Å². The molecule has 4 nitrogen and oxygen atoms in total. The molecule has 116 valence electrons. The number of hydrogen-bond donors (Lipinski definition) is 0. The van der Waals surface area contributed by atoms with Gasteiger partial charge >= 0.3 is 0 Å². The number of aryl methyl sites for hydroxylation is 1. The summed E-state index contributed by atoms with van der Waals surface area (Å²) >= 11 is 1.67. The van der Waals surface area contributed by atoms with Crippen molar-refractivity contribution >= 4 is 17.2 Å². The fraction of sp³-hybridized carbons (Fsp3) is 0.471. The van der Waals surface area contributed by atoms with Crippen molar-refractivity contribution in [1.29, 1.82) is 0 Å². The lowest BCUT2D eigenvalue weighted by molar-refractivity contribution is 0.0791. The van der Waals surface area contributed by atoms with Crippen molar-refractivity contribution < 1.29 is 4.79 Å². The third-order valence-corrected chi connectivity index (χ3v) is 5.32. The third-order valence-electron chi connectivity index (χ3n) is 4.09. The maximum atomic E-state index is 12.6. The summed E-state index contributed by atoms with van der Waals surface area (Å²) in [5, 5.41) is 1.98. The van der Waals surface area contributed by atoms with Crippen molar-refractivity contribution in [2.75, 3.05) is 13.1 Å². The van der Waals surface area contributed by atoms with E-state index < -0.39 is 0 Å². The van der Waals surface area contributed by atoms with Crippen LogP contribution in [0.4, 0.5) is 0 Å². The van der Waals surface area contributed by atoms with E-state index in [0.717, 1.165) is 36.6 Å². The van der Waals surface area contributed by atoms with Gasteiger partial charge in [-0.3, -0.25) is 4.79 Å². The van der Waals surface area contributed by atoms with E-state index in [1.54, 1.807) is 17.5 Å². The van der Waals surface area contributed by atoms with Crippen molar-refractivity contribution in [3.8, 4) is 0 Å². The molecular formula is C17H21N3OS. The Morgan fingerprint density at radius 3 is 2.95 bits per heavy atom. The molecule has 2 aromatic heterocycles. The van der Waals surface area contributed by atoms with Crippen LogP contribution in [-0.4, -0.2) is 33.9 Å². The minimum atomic E-state index is 0.137. The molecule has 22 heavy (non-hydrogen) atoms. The fourth-order valence-corrected chi connectivity index (χ4v) is 3.67. The van der Waals surface area contributed by atoms with Crippen LogP contribution in [0.2, 0.25) is 0 Å². The van der Waals surface area contributed by atoms with Crippen molar-refractivity contribution in [2.24, 2.45) is 0 Å². The van der Waals surface area contributed by atoms with Gasteiger partial charge in [-0.05, 0) is 31.4 Å². The second kappa shape index (κ2) is 6.16. The number of carbonyl (C=O) groups excluding carboxylic acids is 1. The van der Waals surface area contributed by atoms with E-state index >= 15 is 0 Å². The summed E-state index contributed by atoms with van der Waals surface area (Å²) < 4.78 is 0. The smallest absolute Gasteiger partial charge is 0.254 e. The van der Waals surface area contributed by atoms with E-state index in [1.165, 1.54) is 4.88 Å². The van der Waals surface area contributed by atoms with Gasteiger partial charge in [0.2, 0.25) is 0 Å². The highest BCUT2D eigenvalue weighted by molar-refractivity contribution is 7.10. The van der Waals surface area contributed by atoms with Crippen LogP contribution in [-0.2, 0) is 0 Å². The third kappa shape index (κ3) is 3.04. The minimum absolute atomic E-state index is 0.137. The molecule has 1 fully saturated rings. The molecule has 1 aliphatic heterocycles. The summed E-state index contributed by atoms with van der Waals surface area (Å²) in [6, 6.07) is 3.94. The molecule has 1 aliphatic rings. The Hall–Kier alpha value is -1.75. The second-order valence-corrected chi connectivity index (χ2v) is 7.13. The van der Waals surface area contributed by atoms with Gasteiger partial charge in [0.1, 0.15) is 5.82 Å². The highest BCUT2D eigenvalue weighted by Gasteiger charge is 2.30. The van der Waals surface area contributed by atoms with E-state index in [4.69, 9.17) is 0 Å². The van der Waals surface area contributed by atoms with Gasteiger partial charge in [0.15, 0.2) is 0 Å². The summed E-state index contributed by atoms with van der Waals surface area (Å²) in [7, 11) is 0. The van der Waals surface area contributed by atoms with Crippen LogP contribution in [0.1, 0.15) is 58.9 Å². The van der Waals surface area contributed by atoms with Crippen molar-refractivity contribution in [3.63, 3.8) is 0 Å². The van der Waals surface area contributed by atoms with Crippen LogP contribution in [0.5, 0.6) is 0 Å². The first-order chi connectivity index (χ1) is 10.5. The summed E-state index contributed by atoms with van der Waals surface area (Å²) in [6.45, 7) is 7.78. The molecule has 5 heteroatoms. The molecule has 0 aromatic carbocycles. The molecule has 1 saturated heterocycles. The van der Waals surface area contributed by atoms with E-state index in [-0.39, 0.29) is 11.8 Å². The van der Waals surface area contributed by atoms with Crippen LogP contribution in [0, 0.1) is 6.92 Å². The van der Waals surface area contributed by atoms with Crippen LogP contribution in [0.15, 0.2) is 23.7 Å². The van der Waals surface area contributed by atoms with E-state index in [2.05, 4.69) is 23.8 Å². The molecule has 1 atom stereocenters. The van der Waals surface area contributed by atoms with Gasteiger partial charge in [0.05, 0.1) is 5.56 Å². The average molecular weight is 315 g/mol. The van der Waals surface area contributed by atoms with E-state index in [9.17, 15) is 4.79 Å². The molecule has 0 radical (unpaired) electrons. The Bertz CT molecular complexity index is 680. The molecule has 0 saturated carbocycles. The number of hydrogen-bond acceptors (Lipinski definition) is 4. The van der Waals surface area contributed by atoms with E-state index in [1.807, 2.05) is 29.3 Å². The topological polar surface area (TPSA) is 46.1 Å². The SMILES string of the molecule is Cc1ccnc(C2CCN(C(=O)c3csc(C(C)C)c3)C2)n1. The number of amides is 1. The largest absolute Gasteiger partial charge is 0.338 e. The molecule has 0 spiro atoms. The second-order valence-electron chi connectivity index (χ2n) is 6.19. The number of thiophene rings is 1. The maximum Gasteiger partial charge on any atom is 0.254 e. The highest BCUT2D eigenvalue weighted by Crippen LogP contribution is 2.28. The van der Waals surface area contributed by atoms with Gasteiger partial charge in [-0.2, -0.15) is 0 Å². The Labute approximate surface area is 135 Å². The number of likely N-dealkylation sites (tertiary alicyclic amines) is 1. The summed E-state index contributed by atoms with van der Waals surface area (Å²) in [5.41, 5.74) is 1.80. The first-order valence-electron chi connectivity index (χ1n) is 7.72. The zero-order valence-electron chi connectivity index (χ0n) is 13.2. The Morgan fingerprint density at radius 2 is 2.27 bits per heavy atom. The monoisotopic (exact) mass is 315 g/mol. The average Bonchev–Trinajstić information content (AvgIpc) is 3.16. The highest BCUT2D eigenvalue weighted by atomic mass is 32.1. The molecule has 1 unspecified atom stereocenters.